The first kappa shape index (κ1) is 20.6. The second kappa shape index (κ2) is 8.10. The lowest BCUT2D eigenvalue weighted by Gasteiger charge is -2.33. The highest BCUT2D eigenvalue weighted by molar-refractivity contribution is 7.89. The Morgan fingerprint density at radius 3 is 2.55 bits per heavy atom. The van der Waals surface area contributed by atoms with E-state index in [9.17, 15) is 18.0 Å². The second-order valence-corrected chi connectivity index (χ2v) is 7.94. The summed E-state index contributed by atoms with van der Waals surface area (Å²) < 4.78 is 42.3. The van der Waals surface area contributed by atoms with Crippen molar-refractivity contribution in [1.29, 1.82) is 0 Å². The number of ether oxygens (including phenoxy) is 3. The smallest absolute Gasteiger partial charge is 0.348 e. The molecule has 29 heavy (non-hydrogen) atoms. The van der Waals surface area contributed by atoms with Crippen LogP contribution in [0.15, 0.2) is 47.4 Å². The topological polar surface area (TPSA) is 111 Å². The average molecular weight is 420 g/mol. The molecule has 0 unspecified atom stereocenters. The minimum absolute atomic E-state index is 0.0807. The predicted molar refractivity (Wildman–Crippen MR) is 104 cm³/mol. The van der Waals surface area contributed by atoms with Crippen LogP contribution >= 0.6 is 0 Å². The third-order valence-corrected chi connectivity index (χ3v) is 5.89. The molecule has 9 nitrogen and oxygen atoms in total. The fourth-order valence-corrected chi connectivity index (χ4v) is 3.88. The Morgan fingerprint density at radius 2 is 1.90 bits per heavy atom. The molecule has 10 heteroatoms. The Hall–Kier alpha value is -3.11. The fraction of sp³-hybridized carbons (Fsp3) is 0.263. The van der Waals surface area contributed by atoms with Gasteiger partial charge in [0.2, 0.25) is 16.1 Å². The molecular formula is C19H20N2O7S. The van der Waals surface area contributed by atoms with Crippen molar-refractivity contribution in [2.24, 2.45) is 0 Å². The molecule has 1 amide bonds. The van der Waals surface area contributed by atoms with Gasteiger partial charge in [-0.15, -0.1) is 0 Å². The van der Waals surface area contributed by atoms with Crippen molar-refractivity contribution in [3.63, 3.8) is 0 Å². The van der Waals surface area contributed by atoms with Gasteiger partial charge in [0.25, 0.3) is 5.91 Å². The molecule has 0 saturated carbocycles. The molecule has 1 aliphatic heterocycles. The van der Waals surface area contributed by atoms with Gasteiger partial charge in [-0.05, 0) is 37.4 Å². The van der Waals surface area contributed by atoms with E-state index in [0.717, 1.165) is 0 Å². The van der Waals surface area contributed by atoms with Gasteiger partial charge in [0.05, 0.1) is 26.5 Å². The summed E-state index contributed by atoms with van der Waals surface area (Å²) in [4.78, 5) is 26.4. The Balaban J connectivity index is 2.05. The zero-order valence-electron chi connectivity index (χ0n) is 16.0. The quantitative estimate of drug-likeness (QED) is 0.723. The minimum Gasteiger partial charge on any atom is -0.495 e. The molecule has 0 spiro atoms. The monoisotopic (exact) mass is 420 g/mol. The number of carbonyl (C=O) groups excluding carboxylic acids is 2. The summed E-state index contributed by atoms with van der Waals surface area (Å²) >= 11 is 0. The number of carbonyl (C=O) groups is 2. The summed E-state index contributed by atoms with van der Waals surface area (Å²) in [5.74, 6) is -0.667. The molecule has 154 valence electrons. The fourth-order valence-electron chi connectivity index (χ4n) is 2.97. The van der Waals surface area contributed by atoms with Crippen molar-refractivity contribution in [1.82, 2.24) is 4.72 Å². The number of esters is 1. The van der Waals surface area contributed by atoms with Crippen molar-refractivity contribution in [3.05, 3.63) is 48.0 Å². The first-order valence-electron chi connectivity index (χ1n) is 8.59. The van der Waals surface area contributed by atoms with Crippen LogP contribution in [0.1, 0.15) is 10.4 Å². The van der Waals surface area contributed by atoms with Crippen molar-refractivity contribution in [3.8, 4) is 11.5 Å². The second-order valence-electron chi connectivity index (χ2n) is 6.09. The van der Waals surface area contributed by atoms with Gasteiger partial charge in [-0.25, -0.2) is 17.9 Å². The number of para-hydroxylation sites is 2. The molecular weight excluding hydrogens is 400 g/mol. The molecule has 0 radical (unpaired) electrons. The van der Waals surface area contributed by atoms with E-state index in [1.54, 1.807) is 24.3 Å². The lowest BCUT2D eigenvalue weighted by atomic mass is 10.1. The summed E-state index contributed by atoms with van der Waals surface area (Å²) in [7, 11) is -0.0238. The third kappa shape index (κ3) is 3.89. The van der Waals surface area contributed by atoms with Crippen molar-refractivity contribution in [2.75, 3.05) is 32.7 Å². The van der Waals surface area contributed by atoms with E-state index < -0.39 is 28.0 Å². The zero-order valence-corrected chi connectivity index (χ0v) is 16.9. The highest BCUT2D eigenvalue weighted by atomic mass is 32.2. The normalized spacial score (nSPS) is 15.8. The van der Waals surface area contributed by atoms with Gasteiger partial charge in [-0.1, -0.05) is 12.1 Å². The van der Waals surface area contributed by atoms with Gasteiger partial charge < -0.3 is 19.1 Å². The first-order valence-corrected chi connectivity index (χ1v) is 10.1. The largest absolute Gasteiger partial charge is 0.495 e. The summed E-state index contributed by atoms with van der Waals surface area (Å²) in [5, 5.41) is 0. The summed E-state index contributed by atoms with van der Waals surface area (Å²) in [6, 6.07) is 10.9. The van der Waals surface area contributed by atoms with Crippen LogP contribution < -0.4 is 19.1 Å². The molecule has 3 rings (SSSR count). The maximum Gasteiger partial charge on any atom is 0.348 e. The average Bonchev–Trinajstić information content (AvgIpc) is 2.76. The number of fused-ring (bicyclic) bond motifs is 1. The number of sulfonamides is 1. The molecule has 1 atom stereocenters. The van der Waals surface area contributed by atoms with Gasteiger partial charge in [-0.2, -0.15) is 0 Å². The van der Waals surface area contributed by atoms with E-state index >= 15 is 0 Å². The van der Waals surface area contributed by atoms with Crippen LogP contribution in [0.2, 0.25) is 0 Å². The Kier molecular flexibility index (Phi) is 5.76. The standard InChI is InChI=1S/C19H20N2O7S/c1-20-29(24,25)17-10-12(8-9-15(17)26-2)18(22)21-11-16(19(23)27-3)28-14-7-5-4-6-13(14)21/h4-10,16,20H,11H2,1-3H3/t16-/m0/s1. The van der Waals surface area contributed by atoms with Crippen LogP contribution in [0.5, 0.6) is 11.5 Å². The van der Waals surface area contributed by atoms with Crippen LogP contribution in [0.25, 0.3) is 0 Å². The maximum absolute atomic E-state index is 13.2. The van der Waals surface area contributed by atoms with E-state index in [2.05, 4.69) is 4.72 Å². The van der Waals surface area contributed by atoms with Gasteiger partial charge in [0.15, 0.2) is 0 Å². The van der Waals surface area contributed by atoms with E-state index in [-0.39, 0.29) is 22.8 Å². The number of anilines is 1. The molecule has 2 aromatic rings. The number of nitrogens with zero attached hydrogens (tertiary/aromatic N) is 1. The summed E-state index contributed by atoms with van der Waals surface area (Å²) in [6.07, 6.45) is -1.00. The molecule has 1 heterocycles. The van der Waals surface area contributed by atoms with Crippen LogP contribution in [0, 0.1) is 0 Å². The van der Waals surface area contributed by atoms with Gasteiger partial charge in [0.1, 0.15) is 16.4 Å². The molecule has 0 aromatic heterocycles. The zero-order chi connectivity index (χ0) is 21.2. The maximum atomic E-state index is 13.2. The molecule has 1 aliphatic rings. The summed E-state index contributed by atoms with van der Waals surface area (Å²) in [5.41, 5.74) is 0.575. The number of hydrogen-bond donors (Lipinski definition) is 1. The Morgan fingerprint density at radius 1 is 1.17 bits per heavy atom. The molecule has 0 saturated heterocycles. The molecule has 0 aliphatic carbocycles. The van der Waals surface area contributed by atoms with Crippen LogP contribution in [-0.4, -0.2) is 54.2 Å². The highest BCUT2D eigenvalue weighted by Crippen LogP contribution is 2.35. The van der Waals surface area contributed by atoms with E-state index in [4.69, 9.17) is 14.2 Å². The predicted octanol–water partition coefficient (Wildman–Crippen LogP) is 1.18. The molecule has 2 aromatic carbocycles. The van der Waals surface area contributed by atoms with Crippen molar-refractivity contribution in [2.45, 2.75) is 11.0 Å². The number of nitrogens with one attached hydrogen (secondary N) is 1. The SMILES string of the molecule is CNS(=O)(=O)c1cc(C(=O)N2C[C@@H](C(=O)OC)Oc3ccccc32)ccc1OC. The molecule has 1 N–H and O–H groups in total. The summed E-state index contributed by atoms with van der Waals surface area (Å²) in [6.45, 7) is -0.0807. The van der Waals surface area contributed by atoms with Gasteiger partial charge >= 0.3 is 5.97 Å². The Labute approximate surface area is 168 Å². The minimum atomic E-state index is -3.86. The molecule has 0 bridgehead atoms. The van der Waals surface area contributed by atoms with Crippen molar-refractivity contribution >= 4 is 27.6 Å². The van der Waals surface area contributed by atoms with Crippen LogP contribution in [-0.2, 0) is 19.6 Å². The van der Waals surface area contributed by atoms with Crippen LogP contribution in [0.4, 0.5) is 5.69 Å². The van der Waals surface area contributed by atoms with E-state index in [0.29, 0.717) is 11.4 Å². The lowest BCUT2D eigenvalue weighted by molar-refractivity contribution is -0.148. The first-order chi connectivity index (χ1) is 13.8. The number of methoxy groups -OCH3 is 2. The van der Waals surface area contributed by atoms with Crippen molar-refractivity contribution < 1.29 is 32.2 Å². The number of benzene rings is 2. The number of amides is 1. The highest BCUT2D eigenvalue weighted by Gasteiger charge is 2.35. The van der Waals surface area contributed by atoms with E-state index in [1.807, 2.05) is 0 Å². The third-order valence-electron chi connectivity index (χ3n) is 4.45. The molecule has 0 fully saturated rings. The van der Waals surface area contributed by atoms with Crippen LogP contribution in [0.3, 0.4) is 0 Å². The lowest BCUT2D eigenvalue weighted by Crippen LogP contribution is -2.47. The van der Waals surface area contributed by atoms with Gasteiger partial charge in [0, 0.05) is 5.56 Å². The van der Waals surface area contributed by atoms with Gasteiger partial charge in [-0.3, -0.25) is 4.79 Å². The van der Waals surface area contributed by atoms with E-state index in [1.165, 1.54) is 44.4 Å². The number of rotatable bonds is 5. The Bertz CT molecular complexity index is 1050. The number of hydrogen-bond acceptors (Lipinski definition) is 7.